The summed E-state index contributed by atoms with van der Waals surface area (Å²) < 4.78 is 7.32. The van der Waals surface area contributed by atoms with E-state index in [1.807, 2.05) is 13.1 Å². The first-order valence-corrected chi connectivity index (χ1v) is 9.58. The number of hydrogen-bond donors (Lipinski definition) is 1. The number of nitrogens with zero attached hydrogens (tertiary/aromatic N) is 3. The van der Waals surface area contributed by atoms with Crippen LogP contribution in [-0.2, 0) is 11.8 Å². The zero-order chi connectivity index (χ0) is 19.2. The van der Waals surface area contributed by atoms with Crippen molar-refractivity contribution in [3.63, 3.8) is 0 Å². The highest BCUT2D eigenvalue weighted by atomic mass is 35.5. The van der Waals surface area contributed by atoms with Crippen LogP contribution in [-0.4, -0.2) is 27.3 Å². The minimum atomic E-state index is -0.159. The number of anilines is 1. The van der Waals surface area contributed by atoms with Crippen LogP contribution in [0.1, 0.15) is 6.42 Å². The fourth-order valence-electron chi connectivity index (χ4n) is 2.14. The van der Waals surface area contributed by atoms with Crippen molar-refractivity contribution in [1.82, 2.24) is 14.8 Å². The molecule has 9 heteroatoms. The van der Waals surface area contributed by atoms with E-state index >= 15 is 0 Å². The second kappa shape index (κ2) is 9.12. The van der Waals surface area contributed by atoms with Crippen molar-refractivity contribution < 1.29 is 9.53 Å². The summed E-state index contributed by atoms with van der Waals surface area (Å²) in [6.45, 7) is 0.265. The quantitative estimate of drug-likeness (QED) is 0.598. The van der Waals surface area contributed by atoms with Crippen molar-refractivity contribution in [2.45, 2.75) is 16.5 Å². The number of carbonyl (C=O) groups excluding carboxylic acids is 1. The highest BCUT2D eigenvalue weighted by Crippen LogP contribution is 2.33. The third kappa shape index (κ3) is 5.63. The molecular weight excluding hydrogens is 407 g/mol. The largest absolute Gasteiger partial charge is 0.493 e. The minimum absolute atomic E-state index is 0.159. The first-order valence-electron chi connectivity index (χ1n) is 8.01. The molecule has 27 heavy (non-hydrogen) atoms. The summed E-state index contributed by atoms with van der Waals surface area (Å²) in [5, 5.41) is 12.5. The van der Waals surface area contributed by atoms with Crippen molar-refractivity contribution in [3.05, 3.63) is 58.8 Å². The molecule has 1 aromatic heterocycles. The number of halogens is 2. The molecule has 140 valence electrons. The number of aryl methyl sites for hydroxylation is 1. The maximum absolute atomic E-state index is 12.1. The van der Waals surface area contributed by atoms with Crippen LogP contribution in [0.25, 0.3) is 0 Å². The number of ether oxygens (including phenoxy) is 1. The van der Waals surface area contributed by atoms with Gasteiger partial charge in [0.25, 0.3) is 0 Å². The Kier molecular flexibility index (Phi) is 6.60. The molecular formula is C18H16Cl2N4O2S. The normalized spacial score (nSPS) is 10.6. The van der Waals surface area contributed by atoms with E-state index in [4.69, 9.17) is 27.9 Å². The van der Waals surface area contributed by atoms with Crippen LogP contribution in [0.3, 0.4) is 0 Å². The predicted octanol–water partition coefficient (Wildman–Crippen LogP) is 4.68. The highest BCUT2D eigenvalue weighted by molar-refractivity contribution is 7.99. The van der Waals surface area contributed by atoms with Crippen molar-refractivity contribution in [2.75, 3.05) is 11.9 Å². The smallest absolute Gasteiger partial charge is 0.227 e. The van der Waals surface area contributed by atoms with Gasteiger partial charge in [0.15, 0.2) is 5.16 Å². The van der Waals surface area contributed by atoms with E-state index in [1.54, 1.807) is 47.3 Å². The van der Waals surface area contributed by atoms with Gasteiger partial charge in [-0.3, -0.25) is 4.79 Å². The van der Waals surface area contributed by atoms with Crippen LogP contribution in [0.15, 0.2) is 58.8 Å². The van der Waals surface area contributed by atoms with E-state index in [2.05, 4.69) is 15.5 Å². The summed E-state index contributed by atoms with van der Waals surface area (Å²) in [6, 6.07) is 12.3. The first-order chi connectivity index (χ1) is 13.0. The SMILES string of the molecule is Cn1cnnc1Sc1ccc(NC(=O)CCOc2ccc(Cl)cc2)cc1Cl. The number of carbonyl (C=O) groups is 1. The molecule has 1 heterocycles. The lowest BCUT2D eigenvalue weighted by molar-refractivity contribution is -0.116. The molecule has 0 spiro atoms. The lowest BCUT2D eigenvalue weighted by atomic mass is 10.3. The molecule has 6 nitrogen and oxygen atoms in total. The Hall–Kier alpha value is -2.22. The van der Waals surface area contributed by atoms with Gasteiger partial charge in [-0.05, 0) is 54.2 Å². The van der Waals surface area contributed by atoms with E-state index in [0.29, 0.717) is 21.5 Å². The van der Waals surface area contributed by atoms with Gasteiger partial charge in [0.1, 0.15) is 12.1 Å². The molecule has 3 rings (SSSR count). The summed E-state index contributed by atoms with van der Waals surface area (Å²) in [7, 11) is 1.86. The molecule has 0 aliphatic rings. The Balaban J connectivity index is 1.51. The Morgan fingerprint density at radius 1 is 1.22 bits per heavy atom. The number of nitrogens with one attached hydrogen (secondary N) is 1. The molecule has 1 amide bonds. The molecule has 0 unspecified atom stereocenters. The molecule has 1 N–H and O–H groups in total. The molecule has 3 aromatic rings. The number of aromatic nitrogens is 3. The zero-order valence-electron chi connectivity index (χ0n) is 14.4. The number of rotatable bonds is 7. The average molecular weight is 423 g/mol. The monoisotopic (exact) mass is 422 g/mol. The maximum Gasteiger partial charge on any atom is 0.227 e. The Labute approximate surface area is 170 Å². The molecule has 0 saturated carbocycles. The Morgan fingerprint density at radius 2 is 2.00 bits per heavy atom. The van der Waals surface area contributed by atoms with Gasteiger partial charge in [-0.25, -0.2) is 0 Å². The summed E-state index contributed by atoms with van der Waals surface area (Å²) in [4.78, 5) is 12.9. The van der Waals surface area contributed by atoms with Gasteiger partial charge in [-0.2, -0.15) is 0 Å². The van der Waals surface area contributed by atoms with E-state index in [-0.39, 0.29) is 18.9 Å². The van der Waals surface area contributed by atoms with Crippen molar-refractivity contribution >= 4 is 46.6 Å². The van der Waals surface area contributed by atoms with Crippen LogP contribution >= 0.6 is 35.0 Å². The Morgan fingerprint density at radius 3 is 2.67 bits per heavy atom. The van der Waals surface area contributed by atoms with Crippen LogP contribution in [0, 0.1) is 0 Å². The second-order valence-electron chi connectivity index (χ2n) is 5.57. The van der Waals surface area contributed by atoms with Gasteiger partial charge in [0.2, 0.25) is 5.91 Å². The summed E-state index contributed by atoms with van der Waals surface area (Å²) in [5.41, 5.74) is 0.624. The molecule has 0 radical (unpaired) electrons. The molecule has 2 aromatic carbocycles. The van der Waals surface area contributed by atoms with Gasteiger partial charge in [0, 0.05) is 22.7 Å². The molecule has 0 aliphatic carbocycles. The molecule has 0 fully saturated rings. The average Bonchev–Trinajstić information content (AvgIpc) is 3.04. The van der Waals surface area contributed by atoms with Gasteiger partial charge in [0.05, 0.1) is 18.1 Å². The fraction of sp³-hybridized carbons (Fsp3) is 0.167. The topological polar surface area (TPSA) is 69.0 Å². The maximum atomic E-state index is 12.1. The van der Waals surface area contributed by atoms with E-state index in [9.17, 15) is 4.79 Å². The summed E-state index contributed by atoms with van der Waals surface area (Å²) in [5.74, 6) is 0.508. The highest BCUT2D eigenvalue weighted by Gasteiger charge is 2.10. The van der Waals surface area contributed by atoms with Gasteiger partial charge < -0.3 is 14.6 Å². The van der Waals surface area contributed by atoms with Gasteiger partial charge in [-0.15, -0.1) is 10.2 Å². The van der Waals surface area contributed by atoms with Gasteiger partial charge >= 0.3 is 0 Å². The van der Waals surface area contributed by atoms with Crippen LogP contribution < -0.4 is 10.1 Å². The summed E-state index contributed by atoms with van der Waals surface area (Å²) in [6.07, 6.45) is 1.84. The zero-order valence-corrected chi connectivity index (χ0v) is 16.7. The molecule has 0 atom stereocenters. The van der Waals surface area contributed by atoms with Crippen molar-refractivity contribution in [2.24, 2.45) is 7.05 Å². The van der Waals surface area contributed by atoms with E-state index in [1.165, 1.54) is 11.8 Å². The third-order valence-corrected chi connectivity index (χ3v) is 5.30. The lowest BCUT2D eigenvalue weighted by Gasteiger charge is -2.09. The predicted molar refractivity (Wildman–Crippen MR) is 107 cm³/mol. The molecule has 0 aliphatic heterocycles. The third-order valence-electron chi connectivity index (χ3n) is 3.50. The number of benzene rings is 2. The fourth-order valence-corrected chi connectivity index (χ4v) is 3.33. The summed E-state index contributed by atoms with van der Waals surface area (Å²) >= 11 is 13.5. The first kappa shape index (κ1) is 19.5. The van der Waals surface area contributed by atoms with Crippen LogP contribution in [0.2, 0.25) is 10.0 Å². The molecule has 0 saturated heterocycles. The standard InChI is InChI=1S/C18H16Cl2N4O2S/c1-24-11-21-23-18(24)27-16-7-4-13(10-15(16)20)22-17(25)8-9-26-14-5-2-12(19)3-6-14/h2-7,10-11H,8-9H2,1H3,(H,22,25). The van der Waals surface area contributed by atoms with Gasteiger partial charge in [-0.1, -0.05) is 23.2 Å². The minimum Gasteiger partial charge on any atom is -0.493 e. The van der Waals surface area contributed by atoms with Crippen molar-refractivity contribution in [3.8, 4) is 5.75 Å². The van der Waals surface area contributed by atoms with E-state index < -0.39 is 0 Å². The second-order valence-corrected chi connectivity index (χ2v) is 7.42. The van der Waals surface area contributed by atoms with Crippen LogP contribution in [0.4, 0.5) is 5.69 Å². The number of amides is 1. The Bertz CT molecular complexity index is 931. The molecule has 0 bridgehead atoms. The van der Waals surface area contributed by atoms with E-state index in [0.717, 1.165) is 10.1 Å². The van der Waals surface area contributed by atoms with Crippen molar-refractivity contribution in [1.29, 1.82) is 0 Å². The lowest BCUT2D eigenvalue weighted by Crippen LogP contribution is -2.15. The van der Waals surface area contributed by atoms with Crippen LogP contribution in [0.5, 0.6) is 5.75 Å². The number of hydrogen-bond acceptors (Lipinski definition) is 5.